The number of rotatable bonds is 10. The van der Waals surface area contributed by atoms with Gasteiger partial charge in [-0.3, -0.25) is 14.4 Å². The second-order valence-electron chi connectivity index (χ2n) is 7.25. The van der Waals surface area contributed by atoms with Crippen molar-refractivity contribution in [2.75, 3.05) is 19.8 Å². The van der Waals surface area contributed by atoms with Crippen LogP contribution < -0.4 is 10.6 Å². The van der Waals surface area contributed by atoms with Crippen molar-refractivity contribution in [3.63, 3.8) is 0 Å². The van der Waals surface area contributed by atoms with E-state index in [1.807, 2.05) is 13.8 Å². The highest BCUT2D eigenvalue weighted by Crippen LogP contribution is 2.30. The Morgan fingerprint density at radius 1 is 1.11 bits per heavy atom. The highest BCUT2D eigenvalue weighted by Gasteiger charge is 2.54. The molecule has 9 nitrogen and oxygen atoms in total. The Kier molecular flexibility index (Phi) is 7.11. The Morgan fingerprint density at radius 3 is 2.18 bits per heavy atom. The number of Topliss-reactive ketones (excluding diaryl/α,β-unsaturated/α-hetero) is 1. The molecule has 0 unspecified atom stereocenters. The van der Waals surface area contributed by atoms with E-state index in [1.54, 1.807) is 0 Å². The molecule has 1 fully saturated rings. The quantitative estimate of drug-likeness (QED) is 0.331. The fourth-order valence-electron chi connectivity index (χ4n) is 2.74. The summed E-state index contributed by atoms with van der Waals surface area (Å²) in [6.07, 6.45) is 0.319. The minimum atomic E-state index is -1.28. The highest BCUT2D eigenvalue weighted by molar-refractivity contribution is 6.00. The standard InChI is InChI=1S/C19H26N2O7/c1-11(2)7-14(16(25)19(9-23)10-28-19)20-18(27)15(8-22)21-17(26)12-3-5-13(24)6-4-12/h3-6,11,14-15,22-24H,7-10H2,1-2H3,(H,20,27)(H,21,26)/t14-,15-,19+/m0/s1. The van der Waals surface area contributed by atoms with E-state index in [9.17, 15) is 29.7 Å². The smallest absolute Gasteiger partial charge is 0.252 e. The third-order valence-corrected chi connectivity index (χ3v) is 4.47. The number of aliphatic hydroxyl groups is 2. The monoisotopic (exact) mass is 394 g/mol. The number of phenols is 1. The summed E-state index contributed by atoms with van der Waals surface area (Å²) < 4.78 is 5.08. The number of benzene rings is 1. The summed E-state index contributed by atoms with van der Waals surface area (Å²) in [5, 5.41) is 33.1. The molecule has 0 saturated carbocycles. The molecule has 5 N–H and O–H groups in total. The van der Waals surface area contributed by atoms with Crippen LogP contribution in [0.3, 0.4) is 0 Å². The molecule has 1 aliphatic heterocycles. The summed E-state index contributed by atoms with van der Waals surface area (Å²) in [5.41, 5.74) is -1.08. The van der Waals surface area contributed by atoms with Gasteiger partial charge >= 0.3 is 0 Å². The molecule has 0 aromatic heterocycles. The maximum Gasteiger partial charge on any atom is 0.252 e. The van der Waals surface area contributed by atoms with Crippen molar-refractivity contribution in [2.45, 2.75) is 38.0 Å². The van der Waals surface area contributed by atoms with E-state index >= 15 is 0 Å². The first-order chi connectivity index (χ1) is 13.2. The van der Waals surface area contributed by atoms with Crippen molar-refractivity contribution in [1.82, 2.24) is 10.6 Å². The van der Waals surface area contributed by atoms with Crippen molar-refractivity contribution in [2.24, 2.45) is 5.92 Å². The minimum Gasteiger partial charge on any atom is -0.508 e. The first-order valence-corrected chi connectivity index (χ1v) is 9.02. The summed E-state index contributed by atoms with van der Waals surface area (Å²) in [6, 6.07) is 3.21. The second kappa shape index (κ2) is 9.13. The Bertz CT molecular complexity index is 713. The molecule has 28 heavy (non-hydrogen) atoms. The lowest BCUT2D eigenvalue weighted by Gasteiger charge is -2.24. The summed E-state index contributed by atoms with van der Waals surface area (Å²) in [6.45, 7) is 2.70. The van der Waals surface area contributed by atoms with Crippen molar-refractivity contribution in [1.29, 1.82) is 0 Å². The van der Waals surface area contributed by atoms with E-state index in [0.717, 1.165) is 0 Å². The Morgan fingerprint density at radius 2 is 1.71 bits per heavy atom. The maximum absolute atomic E-state index is 12.6. The third kappa shape index (κ3) is 5.28. The van der Waals surface area contributed by atoms with E-state index in [1.165, 1.54) is 24.3 Å². The Balaban J connectivity index is 2.05. The number of epoxide rings is 1. The zero-order valence-electron chi connectivity index (χ0n) is 15.8. The van der Waals surface area contributed by atoms with Crippen molar-refractivity contribution in [3.8, 4) is 5.75 Å². The average Bonchev–Trinajstić information content (AvgIpc) is 3.46. The van der Waals surface area contributed by atoms with Crippen LogP contribution in [0.1, 0.15) is 30.6 Å². The molecule has 1 aliphatic rings. The summed E-state index contributed by atoms with van der Waals surface area (Å²) in [4.78, 5) is 37.4. The van der Waals surface area contributed by atoms with Crippen molar-refractivity contribution >= 4 is 17.6 Å². The van der Waals surface area contributed by atoms with E-state index in [-0.39, 0.29) is 23.8 Å². The molecule has 0 radical (unpaired) electrons. The minimum absolute atomic E-state index is 0.0110. The number of aromatic hydroxyl groups is 1. The number of carbonyl (C=O) groups is 3. The van der Waals surface area contributed by atoms with Crippen molar-refractivity contribution in [3.05, 3.63) is 29.8 Å². The van der Waals surface area contributed by atoms with E-state index in [2.05, 4.69) is 10.6 Å². The number of amides is 2. The highest BCUT2D eigenvalue weighted by atomic mass is 16.6. The van der Waals surface area contributed by atoms with Crippen LogP contribution in [-0.4, -0.2) is 70.4 Å². The molecule has 1 aromatic carbocycles. The SMILES string of the molecule is CC(C)C[C@H](NC(=O)[C@H](CO)NC(=O)c1ccc(O)cc1)C(=O)[C@@]1(CO)CO1. The maximum atomic E-state index is 12.6. The van der Waals surface area contributed by atoms with E-state index < -0.39 is 48.5 Å². The lowest BCUT2D eigenvalue weighted by atomic mass is 9.92. The number of nitrogens with one attached hydrogen (secondary N) is 2. The van der Waals surface area contributed by atoms with Gasteiger partial charge in [-0.15, -0.1) is 0 Å². The van der Waals surface area contributed by atoms with Gasteiger partial charge in [0.2, 0.25) is 5.91 Å². The van der Waals surface area contributed by atoms with E-state index in [0.29, 0.717) is 6.42 Å². The number of hydrogen-bond acceptors (Lipinski definition) is 7. The summed E-state index contributed by atoms with van der Waals surface area (Å²) >= 11 is 0. The van der Waals surface area contributed by atoms with Crippen LogP contribution in [0.5, 0.6) is 5.75 Å². The van der Waals surface area contributed by atoms with Gasteiger partial charge in [0.1, 0.15) is 11.8 Å². The van der Waals surface area contributed by atoms with Crippen LogP contribution in [0.4, 0.5) is 0 Å². The van der Waals surface area contributed by atoms with Gasteiger partial charge in [-0.25, -0.2) is 0 Å². The number of aliphatic hydroxyl groups excluding tert-OH is 2. The largest absolute Gasteiger partial charge is 0.508 e. The first-order valence-electron chi connectivity index (χ1n) is 9.02. The van der Waals surface area contributed by atoms with Crippen LogP contribution in [0.2, 0.25) is 0 Å². The van der Waals surface area contributed by atoms with Gasteiger partial charge in [-0.2, -0.15) is 0 Å². The normalized spacial score (nSPS) is 20.3. The average molecular weight is 394 g/mol. The molecule has 1 heterocycles. The number of phenolic OH excluding ortho intramolecular Hbond substituents is 1. The topological polar surface area (TPSA) is 148 Å². The van der Waals surface area contributed by atoms with Gasteiger partial charge in [-0.05, 0) is 36.6 Å². The van der Waals surface area contributed by atoms with Crippen LogP contribution in [-0.2, 0) is 14.3 Å². The molecule has 1 aromatic rings. The molecule has 0 bridgehead atoms. The zero-order chi connectivity index (χ0) is 20.9. The molecule has 0 spiro atoms. The molecular formula is C19H26N2O7. The Hall–Kier alpha value is -2.49. The Labute approximate surface area is 162 Å². The molecule has 9 heteroatoms. The van der Waals surface area contributed by atoms with Gasteiger partial charge in [0, 0.05) is 5.56 Å². The number of ketones is 1. The van der Waals surface area contributed by atoms with Gasteiger partial charge < -0.3 is 30.7 Å². The van der Waals surface area contributed by atoms with Crippen LogP contribution in [0.25, 0.3) is 0 Å². The molecular weight excluding hydrogens is 368 g/mol. The van der Waals surface area contributed by atoms with Crippen LogP contribution in [0, 0.1) is 5.92 Å². The van der Waals surface area contributed by atoms with Crippen LogP contribution in [0.15, 0.2) is 24.3 Å². The summed E-state index contributed by atoms with van der Waals surface area (Å²) in [7, 11) is 0. The van der Waals surface area contributed by atoms with Crippen LogP contribution >= 0.6 is 0 Å². The lowest BCUT2D eigenvalue weighted by molar-refractivity contribution is -0.133. The molecule has 154 valence electrons. The molecule has 2 rings (SSSR count). The number of carbonyl (C=O) groups excluding carboxylic acids is 3. The van der Waals surface area contributed by atoms with E-state index in [4.69, 9.17) is 4.74 Å². The predicted molar refractivity (Wildman–Crippen MR) is 98.6 cm³/mol. The van der Waals surface area contributed by atoms with Gasteiger partial charge in [0.15, 0.2) is 11.4 Å². The zero-order valence-corrected chi connectivity index (χ0v) is 15.8. The summed E-state index contributed by atoms with van der Waals surface area (Å²) in [5.74, 6) is -1.70. The third-order valence-electron chi connectivity index (χ3n) is 4.47. The number of hydrogen-bond donors (Lipinski definition) is 5. The van der Waals surface area contributed by atoms with Gasteiger partial charge in [0.25, 0.3) is 5.91 Å². The first kappa shape index (κ1) is 21.8. The molecule has 1 saturated heterocycles. The molecule has 3 atom stereocenters. The number of ether oxygens (including phenoxy) is 1. The van der Waals surface area contributed by atoms with Crippen molar-refractivity contribution < 1.29 is 34.4 Å². The predicted octanol–water partition coefficient (Wildman–Crippen LogP) is -0.656. The van der Waals surface area contributed by atoms with Gasteiger partial charge in [-0.1, -0.05) is 13.8 Å². The van der Waals surface area contributed by atoms with Gasteiger partial charge in [0.05, 0.1) is 25.9 Å². The fourth-order valence-corrected chi connectivity index (χ4v) is 2.74. The molecule has 2 amide bonds. The fraction of sp³-hybridized carbons (Fsp3) is 0.526. The lowest BCUT2D eigenvalue weighted by Crippen LogP contribution is -2.55. The second-order valence-corrected chi connectivity index (χ2v) is 7.25. The molecule has 0 aliphatic carbocycles.